The van der Waals surface area contributed by atoms with Crippen LogP contribution in [0.3, 0.4) is 0 Å². The number of benzene rings is 1. The average molecular weight is 293 g/mol. The van der Waals surface area contributed by atoms with E-state index >= 15 is 0 Å². The maximum atomic E-state index is 11.4. The third kappa shape index (κ3) is 3.81. The minimum absolute atomic E-state index is 0.366. The van der Waals surface area contributed by atoms with Crippen LogP contribution in [-0.2, 0) is 10.2 Å². The lowest BCUT2D eigenvalue weighted by atomic mass is 10.2. The van der Waals surface area contributed by atoms with Crippen molar-refractivity contribution in [2.75, 3.05) is 11.3 Å². The summed E-state index contributed by atoms with van der Waals surface area (Å²) in [6.07, 6.45) is 0. The second-order valence-corrected chi connectivity index (χ2v) is 5.48. The molecule has 0 unspecified atom stereocenters. The highest BCUT2D eigenvalue weighted by atomic mass is 79.9. The minimum atomic E-state index is -3.44. The third-order valence-electron chi connectivity index (χ3n) is 1.77. The molecular formula is C9H13BrN2O2S. The van der Waals surface area contributed by atoms with Gasteiger partial charge in [-0.15, -0.1) is 0 Å². The van der Waals surface area contributed by atoms with E-state index in [2.05, 4.69) is 25.4 Å². The quantitative estimate of drug-likeness (QED) is 0.892. The minimum Gasteiger partial charge on any atom is -0.271 e. The predicted octanol–water partition coefficient (Wildman–Crippen LogP) is 2.02. The van der Waals surface area contributed by atoms with Gasteiger partial charge in [0.05, 0.1) is 5.69 Å². The topological polar surface area (TPSA) is 58.2 Å². The maximum absolute atomic E-state index is 11.4. The van der Waals surface area contributed by atoms with E-state index < -0.39 is 10.2 Å². The van der Waals surface area contributed by atoms with Gasteiger partial charge in [-0.2, -0.15) is 13.1 Å². The molecule has 0 spiro atoms. The van der Waals surface area contributed by atoms with Crippen LogP contribution >= 0.6 is 15.9 Å². The molecule has 1 aromatic carbocycles. The van der Waals surface area contributed by atoms with Gasteiger partial charge in [0.15, 0.2) is 0 Å². The number of halogens is 1. The smallest absolute Gasteiger partial charge is 0.271 e. The summed E-state index contributed by atoms with van der Waals surface area (Å²) >= 11 is 3.31. The van der Waals surface area contributed by atoms with Gasteiger partial charge in [0.2, 0.25) is 0 Å². The highest BCUT2D eigenvalue weighted by Crippen LogP contribution is 2.20. The molecule has 0 aliphatic carbocycles. The van der Waals surface area contributed by atoms with Crippen LogP contribution in [0.1, 0.15) is 12.5 Å². The van der Waals surface area contributed by atoms with E-state index in [0.717, 1.165) is 10.0 Å². The second-order valence-electron chi connectivity index (χ2n) is 3.06. The van der Waals surface area contributed by atoms with Gasteiger partial charge in [-0.25, -0.2) is 0 Å². The molecule has 0 bridgehead atoms. The Balaban J connectivity index is 2.90. The van der Waals surface area contributed by atoms with Crippen molar-refractivity contribution in [3.05, 3.63) is 28.2 Å². The van der Waals surface area contributed by atoms with Crippen molar-refractivity contribution in [3.8, 4) is 0 Å². The molecular weight excluding hydrogens is 280 g/mol. The van der Waals surface area contributed by atoms with E-state index in [-0.39, 0.29) is 0 Å². The lowest BCUT2D eigenvalue weighted by Crippen LogP contribution is -2.30. The van der Waals surface area contributed by atoms with Gasteiger partial charge >= 0.3 is 0 Å². The lowest BCUT2D eigenvalue weighted by Gasteiger charge is -2.10. The van der Waals surface area contributed by atoms with Crippen molar-refractivity contribution in [2.24, 2.45) is 0 Å². The maximum Gasteiger partial charge on any atom is 0.299 e. The van der Waals surface area contributed by atoms with Gasteiger partial charge in [-0.3, -0.25) is 4.72 Å². The van der Waals surface area contributed by atoms with E-state index in [4.69, 9.17) is 0 Å². The predicted molar refractivity (Wildman–Crippen MR) is 65.1 cm³/mol. The molecule has 0 aliphatic rings. The summed E-state index contributed by atoms with van der Waals surface area (Å²) in [5.41, 5.74) is 1.45. The molecule has 1 rings (SSSR count). The Kier molecular flexibility index (Phi) is 4.12. The Hall–Kier alpha value is -0.590. The number of nitrogens with one attached hydrogen (secondary N) is 2. The second kappa shape index (κ2) is 4.96. The first-order valence-corrected chi connectivity index (χ1v) is 6.76. The zero-order chi connectivity index (χ0) is 11.5. The van der Waals surface area contributed by atoms with Crippen molar-refractivity contribution in [3.63, 3.8) is 0 Å². The molecule has 0 atom stereocenters. The number of anilines is 1. The van der Waals surface area contributed by atoms with Gasteiger partial charge in [0, 0.05) is 11.0 Å². The SMILES string of the molecule is CCNS(=O)(=O)Nc1ccc(Br)cc1C. The summed E-state index contributed by atoms with van der Waals surface area (Å²) in [7, 11) is -3.44. The van der Waals surface area contributed by atoms with Gasteiger partial charge < -0.3 is 0 Å². The summed E-state index contributed by atoms with van der Waals surface area (Å²) < 4.78 is 28.5. The molecule has 0 aromatic heterocycles. The number of aryl methyl sites for hydroxylation is 1. The van der Waals surface area contributed by atoms with Crippen molar-refractivity contribution < 1.29 is 8.42 Å². The first kappa shape index (κ1) is 12.5. The zero-order valence-corrected chi connectivity index (χ0v) is 10.9. The Morgan fingerprint density at radius 1 is 1.40 bits per heavy atom. The number of rotatable bonds is 4. The molecule has 0 amide bonds. The third-order valence-corrected chi connectivity index (χ3v) is 3.42. The van der Waals surface area contributed by atoms with Crippen molar-refractivity contribution >= 4 is 31.8 Å². The normalized spacial score (nSPS) is 11.4. The van der Waals surface area contributed by atoms with Crippen molar-refractivity contribution in [1.29, 1.82) is 0 Å². The van der Waals surface area contributed by atoms with E-state index in [1.54, 1.807) is 19.1 Å². The van der Waals surface area contributed by atoms with Gasteiger partial charge in [-0.05, 0) is 30.7 Å². The van der Waals surface area contributed by atoms with E-state index in [1.807, 2.05) is 13.0 Å². The van der Waals surface area contributed by atoms with Crippen LogP contribution in [0, 0.1) is 6.92 Å². The molecule has 0 heterocycles. The fraction of sp³-hybridized carbons (Fsp3) is 0.333. The monoisotopic (exact) mass is 292 g/mol. The molecule has 0 fully saturated rings. The van der Waals surface area contributed by atoms with Crippen LogP contribution in [0.25, 0.3) is 0 Å². The highest BCUT2D eigenvalue weighted by molar-refractivity contribution is 9.10. The molecule has 0 saturated heterocycles. The lowest BCUT2D eigenvalue weighted by molar-refractivity contribution is 0.589. The standard InChI is InChI=1S/C9H13BrN2O2S/c1-3-11-15(13,14)12-9-5-4-8(10)6-7(9)2/h4-6,11-12H,3H2,1-2H3. The summed E-state index contributed by atoms with van der Waals surface area (Å²) in [6.45, 7) is 3.94. The first-order valence-electron chi connectivity index (χ1n) is 4.48. The Morgan fingerprint density at radius 2 is 2.07 bits per heavy atom. The van der Waals surface area contributed by atoms with Crippen molar-refractivity contribution in [2.45, 2.75) is 13.8 Å². The Morgan fingerprint density at radius 3 is 2.60 bits per heavy atom. The molecule has 4 nitrogen and oxygen atoms in total. The van der Waals surface area contributed by atoms with Crippen molar-refractivity contribution in [1.82, 2.24) is 4.72 Å². The molecule has 15 heavy (non-hydrogen) atoms. The number of hydrogen-bond donors (Lipinski definition) is 2. The van der Waals surface area contributed by atoms with E-state index in [9.17, 15) is 8.42 Å². The molecule has 6 heteroatoms. The van der Waals surface area contributed by atoms with Crippen LogP contribution < -0.4 is 9.44 Å². The average Bonchev–Trinajstić information content (AvgIpc) is 2.09. The van der Waals surface area contributed by atoms with Crippen LogP contribution in [-0.4, -0.2) is 15.0 Å². The zero-order valence-electron chi connectivity index (χ0n) is 8.54. The fourth-order valence-electron chi connectivity index (χ4n) is 1.11. The molecule has 1 aromatic rings. The molecule has 0 aliphatic heterocycles. The van der Waals surface area contributed by atoms with Gasteiger partial charge in [0.1, 0.15) is 0 Å². The van der Waals surface area contributed by atoms with Crippen LogP contribution in [0.2, 0.25) is 0 Å². The summed E-state index contributed by atoms with van der Waals surface area (Å²) in [5.74, 6) is 0. The molecule has 84 valence electrons. The van der Waals surface area contributed by atoms with Crippen LogP contribution in [0.4, 0.5) is 5.69 Å². The summed E-state index contributed by atoms with van der Waals surface area (Å²) in [5, 5.41) is 0. The fourth-order valence-corrected chi connectivity index (χ4v) is 2.56. The Labute approximate surface area is 98.4 Å². The van der Waals surface area contributed by atoms with Gasteiger partial charge in [-0.1, -0.05) is 22.9 Å². The van der Waals surface area contributed by atoms with Crippen LogP contribution in [0.15, 0.2) is 22.7 Å². The number of hydrogen-bond acceptors (Lipinski definition) is 2. The van der Waals surface area contributed by atoms with Crippen LogP contribution in [0.5, 0.6) is 0 Å². The largest absolute Gasteiger partial charge is 0.299 e. The molecule has 2 N–H and O–H groups in total. The van der Waals surface area contributed by atoms with E-state index in [0.29, 0.717) is 12.2 Å². The molecule has 0 saturated carbocycles. The molecule has 0 radical (unpaired) electrons. The summed E-state index contributed by atoms with van der Waals surface area (Å²) in [6, 6.07) is 5.36. The summed E-state index contributed by atoms with van der Waals surface area (Å²) in [4.78, 5) is 0. The first-order chi connectivity index (χ1) is 6.94. The highest BCUT2D eigenvalue weighted by Gasteiger charge is 2.09. The Bertz CT molecular complexity index is 445. The van der Waals surface area contributed by atoms with Gasteiger partial charge in [0.25, 0.3) is 10.2 Å². The van der Waals surface area contributed by atoms with E-state index in [1.165, 1.54) is 0 Å².